The van der Waals surface area contributed by atoms with Crippen LogP contribution >= 0.6 is 0 Å². The van der Waals surface area contributed by atoms with Crippen molar-refractivity contribution in [2.45, 2.75) is 38.6 Å². The Kier molecular flexibility index (Phi) is 5.48. The summed E-state index contributed by atoms with van der Waals surface area (Å²) in [6.07, 6.45) is 4.01. The van der Waals surface area contributed by atoms with E-state index in [1.165, 1.54) is 5.69 Å². The van der Waals surface area contributed by atoms with Gasteiger partial charge in [0.15, 0.2) is 0 Å². The van der Waals surface area contributed by atoms with Gasteiger partial charge < -0.3 is 15.0 Å². The Morgan fingerprint density at radius 3 is 2.90 bits per heavy atom. The van der Waals surface area contributed by atoms with Crippen molar-refractivity contribution in [3.63, 3.8) is 0 Å². The first-order chi connectivity index (χ1) is 10.1. The second-order valence-corrected chi connectivity index (χ2v) is 5.90. The molecule has 0 aromatic heterocycles. The number of esters is 1. The molecule has 0 aliphatic heterocycles. The number of carbonyl (C=O) groups is 1. The smallest absolute Gasteiger partial charge is 0.308 e. The van der Waals surface area contributed by atoms with Crippen molar-refractivity contribution in [1.82, 2.24) is 0 Å². The van der Waals surface area contributed by atoms with Gasteiger partial charge in [-0.3, -0.25) is 4.79 Å². The number of ether oxygens (including phenoxy) is 1. The molecule has 0 bridgehead atoms. The van der Waals surface area contributed by atoms with Crippen molar-refractivity contribution in [2.24, 2.45) is 5.92 Å². The lowest BCUT2D eigenvalue weighted by Gasteiger charge is -2.29. The van der Waals surface area contributed by atoms with Crippen LogP contribution in [0.5, 0.6) is 0 Å². The Hall–Kier alpha value is -1.71. The van der Waals surface area contributed by atoms with Gasteiger partial charge >= 0.3 is 5.97 Å². The largest absolute Gasteiger partial charge is 0.466 e. The lowest BCUT2D eigenvalue weighted by atomic mass is 9.85. The Morgan fingerprint density at radius 2 is 2.19 bits per heavy atom. The van der Waals surface area contributed by atoms with Crippen molar-refractivity contribution in [2.75, 3.05) is 30.9 Å². The predicted octanol–water partition coefficient (Wildman–Crippen LogP) is 3.29. The summed E-state index contributed by atoms with van der Waals surface area (Å²) in [7, 11) is 4.08. The van der Waals surface area contributed by atoms with Crippen LogP contribution in [-0.4, -0.2) is 32.7 Å². The van der Waals surface area contributed by atoms with Gasteiger partial charge in [-0.2, -0.15) is 0 Å². The van der Waals surface area contributed by atoms with Gasteiger partial charge in [0.25, 0.3) is 0 Å². The molecule has 0 heterocycles. The maximum atomic E-state index is 11.9. The third-order valence-electron chi connectivity index (χ3n) is 4.03. The summed E-state index contributed by atoms with van der Waals surface area (Å²) in [5.41, 5.74) is 2.30. The van der Waals surface area contributed by atoms with E-state index >= 15 is 0 Å². The van der Waals surface area contributed by atoms with Crippen molar-refractivity contribution >= 4 is 17.3 Å². The van der Waals surface area contributed by atoms with Crippen LogP contribution in [0.15, 0.2) is 24.3 Å². The van der Waals surface area contributed by atoms with Crippen LogP contribution in [0.2, 0.25) is 0 Å². The fraction of sp³-hybridized carbons (Fsp3) is 0.588. The summed E-state index contributed by atoms with van der Waals surface area (Å²) in [6, 6.07) is 8.73. The van der Waals surface area contributed by atoms with Crippen LogP contribution in [0.1, 0.15) is 32.6 Å². The molecule has 0 radical (unpaired) electrons. The zero-order chi connectivity index (χ0) is 15.2. The van der Waals surface area contributed by atoms with Crippen molar-refractivity contribution in [1.29, 1.82) is 0 Å². The Labute approximate surface area is 127 Å². The number of hydrogen-bond acceptors (Lipinski definition) is 4. The van der Waals surface area contributed by atoms with Gasteiger partial charge in [0.2, 0.25) is 0 Å². The number of rotatable bonds is 5. The highest BCUT2D eigenvalue weighted by molar-refractivity contribution is 5.72. The molecule has 1 aromatic rings. The molecule has 2 atom stereocenters. The molecule has 1 N–H and O–H groups in total. The van der Waals surface area contributed by atoms with E-state index in [4.69, 9.17) is 4.74 Å². The Balaban J connectivity index is 1.96. The number of carbonyl (C=O) groups excluding carboxylic acids is 1. The van der Waals surface area contributed by atoms with Gasteiger partial charge in [-0.1, -0.05) is 12.5 Å². The molecule has 2 unspecified atom stereocenters. The van der Waals surface area contributed by atoms with E-state index in [9.17, 15) is 4.79 Å². The van der Waals surface area contributed by atoms with Crippen molar-refractivity contribution in [3.8, 4) is 0 Å². The quantitative estimate of drug-likeness (QED) is 0.845. The number of nitrogens with zero attached hydrogens (tertiary/aromatic N) is 1. The molecule has 0 saturated heterocycles. The molecule has 1 aliphatic carbocycles. The minimum Gasteiger partial charge on any atom is -0.466 e. The molecular formula is C17H26N2O2. The van der Waals surface area contributed by atoms with Gasteiger partial charge in [-0.15, -0.1) is 0 Å². The van der Waals surface area contributed by atoms with Crippen LogP contribution in [0.3, 0.4) is 0 Å². The fourth-order valence-corrected chi connectivity index (χ4v) is 2.90. The molecule has 21 heavy (non-hydrogen) atoms. The Bertz CT molecular complexity index is 474. The van der Waals surface area contributed by atoms with E-state index in [-0.39, 0.29) is 11.9 Å². The molecule has 1 fully saturated rings. The minimum absolute atomic E-state index is 0.0361. The first kappa shape index (κ1) is 15.7. The summed E-state index contributed by atoms with van der Waals surface area (Å²) in [6.45, 7) is 2.33. The maximum Gasteiger partial charge on any atom is 0.308 e. The van der Waals surface area contributed by atoms with Crippen LogP contribution in [0, 0.1) is 5.92 Å². The number of benzene rings is 1. The highest BCUT2D eigenvalue weighted by Crippen LogP contribution is 2.28. The summed E-state index contributed by atoms with van der Waals surface area (Å²) in [5, 5.41) is 3.57. The second-order valence-electron chi connectivity index (χ2n) is 5.90. The van der Waals surface area contributed by atoms with Gasteiger partial charge in [-0.25, -0.2) is 0 Å². The van der Waals surface area contributed by atoms with E-state index in [0.717, 1.165) is 31.4 Å². The molecule has 2 rings (SSSR count). The fourth-order valence-electron chi connectivity index (χ4n) is 2.90. The zero-order valence-electron chi connectivity index (χ0n) is 13.3. The maximum absolute atomic E-state index is 11.9. The van der Waals surface area contributed by atoms with E-state index in [2.05, 4.69) is 34.5 Å². The van der Waals surface area contributed by atoms with Crippen LogP contribution < -0.4 is 10.2 Å². The number of anilines is 2. The normalized spacial score (nSPS) is 21.7. The van der Waals surface area contributed by atoms with Gasteiger partial charge in [0, 0.05) is 31.5 Å². The van der Waals surface area contributed by atoms with E-state index in [1.807, 2.05) is 21.0 Å². The summed E-state index contributed by atoms with van der Waals surface area (Å²) >= 11 is 0. The summed E-state index contributed by atoms with van der Waals surface area (Å²) in [4.78, 5) is 14.0. The molecule has 0 amide bonds. The average Bonchev–Trinajstić information content (AvgIpc) is 2.48. The molecule has 1 saturated carbocycles. The monoisotopic (exact) mass is 290 g/mol. The van der Waals surface area contributed by atoms with Crippen molar-refractivity contribution < 1.29 is 9.53 Å². The van der Waals surface area contributed by atoms with E-state index < -0.39 is 0 Å². The average molecular weight is 290 g/mol. The van der Waals surface area contributed by atoms with Gasteiger partial charge in [-0.05, 0) is 44.4 Å². The standard InChI is InChI=1S/C17H26N2O2/c1-4-21-17(20)13-7-5-8-14(11-13)18-15-9-6-10-16(12-15)19(2)3/h6,9-10,12-14,18H,4-5,7-8,11H2,1-3H3. The molecule has 116 valence electrons. The zero-order valence-corrected chi connectivity index (χ0v) is 13.3. The Morgan fingerprint density at radius 1 is 1.38 bits per heavy atom. The molecular weight excluding hydrogens is 264 g/mol. The molecule has 4 nitrogen and oxygen atoms in total. The summed E-state index contributed by atoms with van der Waals surface area (Å²) < 4.78 is 5.16. The minimum atomic E-state index is -0.0361. The van der Waals surface area contributed by atoms with Crippen molar-refractivity contribution in [3.05, 3.63) is 24.3 Å². The molecule has 1 aliphatic rings. The lowest BCUT2D eigenvalue weighted by Crippen LogP contribution is -2.32. The summed E-state index contributed by atoms with van der Waals surface area (Å²) in [5.74, 6) is 0.0132. The van der Waals surface area contributed by atoms with Crippen LogP contribution in [0.4, 0.5) is 11.4 Å². The van der Waals surface area contributed by atoms with Gasteiger partial charge in [0.1, 0.15) is 0 Å². The molecule has 0 spiro atoms. The van der Waals surface area contributed by atoms with Gasteiger partial charge in [0.05, 0.1) is 12.5 Å². The van der Waals surface area contributed by atoms with Crippen LogP contribution in [0.25, 0.3) is 0 Å². The SMILES string of the molecule is CCOC(=O)C1CCCC(Nc2cccc(N(C)C)c2)C1. The lowest BCUT2D eigenvalue weighted by molar-refractivity contribution is -0.149. The molecule has 4 heteroatoms. The number of nitrogens with one attached hydrogen (secondary N) is 1. The second kappa shape index (κ2) is 7.34. The third kappa shape index (κ3) is 4.38. The highest BCUT2D eigenvalue weighted by Gasteiger charge is 2.28. The number of hydrogen-bond donors (Lipinski definition) is 1. The van der Waals surface area contributed by atoms with E-state index in [0.29, 0.717) is 12.6 Å². The first-order valence-electron chi connectivity index (χ1n) is 7.80. The van der Waals surface area contributed by atoms with Crippen LogP contribution in [-0.2, 0) is 9.53 Å². The van der Waals surface area contributed by atoms with E-state index in [1.54, 1.807) is 0 Å². The first-order valence-corrected chi connectivity index (χ1v) is 7.80. The molecule has 1 aromatic carbocycles. The highest BCUT2D eigenvalue weighted by atomic mass is 16.5. The third-order valence-corrected chi connectivity index (χ3v) is 4.03. The predicted molar refractivity (Wildman–Crippen MR) is 86.8 cm³/mol. The topological polar surface area (TPSA) is 41.6 Å².